The second kappa shape index (κ2) is 8.08. The highest BCUT2D eigenvalue weighted by molar-refractivity contribution is 7.98. The summed E-state index contributed by atoms with van der Waals surface area (Å²) in [5.74, 6) is 0.964. The summed E-state index contributed by atoms with van der Waals surface area (Å²) in [6.07, 6.45) is 3.03. The zero-order valence-corrected chi connectivity index (χ0v) is 13.0. The lowest BCUT2D eigenvalue weighted by atomic mass is 10.1. The molecule has 0 aliphatic carbocycles. The van der Waals surface area contributed by atoms with Crippen molar-refractivity contribution in [3.8, 4) is 0 Å². The van der Waals surface area contributed by atoms with Gasteiger partial charge in [-0.25, -0.2) is 4.98 Å². The minimum absolute atomic E-state index is 0.349. The Morgan fingerprint density at radius 3 is 2.70 bits per heavy atom. The van der Waals surface area contributed by atoms with Gasteiger partial charge >= 0.3 is 0 Å². The fraction of sp³-hybridized carbons (Fsp3) is 0.353. The average Bonchev–Trinajstić information content (AvgIpc) is 2.52. The maximum absolute atomic E-state index is 4.55. The number of benzene rings is 1. The molecule has 0 bridgehead atoms. The van der Waals surface area contributed by atoms with Crippen LogP contribution in [0.3, 0.4) is 0 Å². The molecule has 1 atom stereocenters. The molecule has 1 N–H and O–H groups in total. The van der Waals surface area contributed by atoms with Crippen LogP contribution in [0.4, 0.5) is 0 Å². The largest absolute Gasteiger partial charge is 0.310 e. The smallest absolute Gasteiger partial charge is 0.101 e. The summed E-state index contributed by atoms with van der Waals surface area (Å²) in [6, 6.07) is 15.1. The van der Waals surface area contributed by atoms with Gasteiger partial charge in [-0.1, -0.05) is 43.3 Å². The Morgan fingerprint density at radius 1 is 1.15 bits per heavy atom. The zero-order chi connectivity index (χ0) is 14.2. The van der Waals surface area contributed by atoms with Gasteiger partial charge in [0.2, 0.25) is 0 Å². The first-order valence-electron chi connectivity index (χ1n) is 7.16. The van der Waals surface area contributed by atoms with Crippen molar-refractivity contribution >= 4 is 11.8 Å². The summed E-state index contributed by atoms with van der Waals surface area (Å²) in [5, 5.41) is 4.67. The Balaban J connectivity index is 2.04. The molecule has 0 amide bonds. The lowest BCUT2D eigenvalue weighted by molar-refractivity contribution is 0.560. The number of aromatic nitrogens is 1. The fourth-order valence-electron chi connectivity index (χ4n) is 2.05. The van der Waals surface area contributed by atoms with E-state index in [0.29, 0.717) is 6.04 Å². The third-order valence-corrected chi connectivity index (χ3v) is 4.28. The van der Waals surface area contributed by atoms with Crippen LogP contribution in [-0.2, 0) is 5.75 Å². The molecule has 0 saturated carbocycles. The molecule has 0 aliphatic rings. The number of nitrogens with one attached hydrogen (secondary N) is 1. The lowest BCUT2D eigenvalue weighted by Crippen LogP contribution is -2.20. The molecule has 0 spiro atoms. The van der Waals surface area contributed by atoms with Crippen molar-refractivity contribution < 1.29 is 0 Å². The van der Waals surface area contributed by atoms with Gasteiger partial charge in [-0.2, -0.15) is 0 Å². The summed E-state index contributed by atoms with van der Waals surface area (Å²) < 4.78 is 0. The second-order valence-electron chi connectivity index (χ2n) is 4.85. The molecular weight excluding hydrogens is 264 g/mol. The predicted octanol–water partition coefficient (Wildman–Crippen LogP) is 4.43. The third kappa shape index (κ3) is 4.36. The van der Waals surface area contributed by atoms with E-state index in [2.05, 4.69) is 60.5 Å². The van der Waals surface area contributed by atoms with Gasteiger partial charge in [-0.3, -0.25) is 0 Å². The van der Waals surface area contributed by atoms with E-state index in [9.17, 15) is 0 Å². The van der Waals surface area contributed by atoms with Gasteiger partial charge in [-0.15, -0.1) is 11.8 Å². The molecule has 3 heteroatoms. The second-order valence-corrected chi connectivity index (χ2v) is 5.81. The molecule has 0 fully saturated rings. The first-order valence-corrected chi connectivity index (χ1v) is 8.15. The number of nitrogens with zero attached hydrogens (tertiary/aromatic N) is 1. The van der Waals surface area contributed by atoms with Gasteiger partial charge < -0.3 is 5.32 Å². The number of thioether (sulfide) groups is 1. The Kier molecular flexibility index (Phi) is 6.09. The molecule has 1 heterocycles. The zero-order valence-electron chi connectivity index (χ0n) is 12.2. The number of hydrogen-bond acceptors (Lipinski definition) is 3. The molecule has 1 aromatic carbocycles. The average molecular weight is 286 g/mol. The van der Waals surface area contributed by atoms with E-state index in [1.54, 1.807) is 0 Å². The van der Waals surface area contributed by atoms with Crippen molar-refractivity contribution in [1.82, 2.24) is 10.3 Å². The SMILES string of the molecule is CCCNC(C)c1cccnc1SCc1ccccc1. The molecule has 2 aromatic rings. The van der Waals surface area contributed by atoms with E-state index >= 15 is 0 Å². The van der Waals surface area contributed by atoms with Crippen molar-refractivity contribution in [2.45, 2.75) is 37.1 Å². The number of rotatable bonds is 7. The maximum Gasteiger partial charge on any atom is 0.101 e. The molecule has 0 saturated heterocycles. The standard InChI is InChI=1S/C17H22N2S/c1-3-11-18-14(2)16-10-7-12-19-17(16)20-13-15-8-5-4-6-9-15/h4-10,12,14,18H,3,11,13H2,1-2H3. The summed E-state index contributed by atoms with van der Waals surface area (Å²) in [4.78, 5) is 4.55. The fourth-order valence-corrected chi connectivity index (χ4v) is 3.09. The van der Waals surface area contributed by atoms with Gasteiger partial charge in [0, 0.05) is 23.6 Å². The van der Waals surface area contributed by atoms with Crippen molar-refractivity contribution in [3.05, 3.63) is 59.8 Å². The minimum atomic E-state index is 0.349. The normalized spacial score (nSPS) is 12.3. The summed E-state index contributed by atoms with van der Waals surface area (Å²) in [5.41, 5.74) is 2.63. The minimum Gasteiger partial charge on any atom is -0.310 e. The van der Waals surface area contributed by atoms with E-state index < -0.39 is 0 Å². The molecule has 0 aliphatic heterocycles. The first kappa shape index (κ1) is 15.1. The highest BCUT2D eigenvalue weighted by Gasteiger charge is 2.11. The maximum atomic E-state index is 4.55. The molecule has 20 heavy (non-hydrogen) atoms. The quantitative estimate of drug-likeness (QED) is 0.762. The van der Waals surface area contributed by atoms with Crippen LogP contribution in [0.25, 0.3) is 0 Å². The highest BCUT2D eigenvalue weighted by atomic mass is 32.2. The van der Waals surface area contributed by atoms with Crippen molar-refractivity contribution in [2.24, 2.45) is 0 Å². The van der Waals surface area contributed by atoms with E-state index in [0.717, 1.165) is 23.7 Å². The van der Waals surface area contributed by atoms with Crippen LogP contribution in [-0.4, -0.2) is 11.5 Å². The van der Waals surface area contributed by atoms with Gasteiger partial charge in [-0.05, 0) is 31.5 Å². The third-order valence-electron chi connectivity index (χ3n) is 3.19. The molecule has 106 valence electrons. The number of pyridine rings is 1. The van der Waals surface area contributed by atoms with Gasteiger partial charge in [0.1, 0.15) is 5.03 Å². The van der Waals surface area contributed by atoms with Crippen LogP contribution < -0.4 is 5.32 Å². The summed E-state index contributed by atoms with van der Waals surface area (Å²) in [7, 11) is 0. The summed E-state index contributed by atoms with van der Waals surface area (Å²) >= 11 is 1.81. The molecule has 2 rings (SSSR count). The monoisotopic (exact) mass is 286 g/mol. The number of hydrogen-bond donors (Lipinski definition) is 1. The highest BCUT2D eigenvalue weighted by Crippen LogP contribution is 2.27. The predicted molar refractivity (Wildman–Crippen MR) is 86.9 cm³/mol. The van der Waals surface area contributed by atoms with Crippen molar-refractivity contribution in [2.75, 3.05) is 6.54 Å². The van der Waals surface area contributed by atoms with Crippen molar-refractivity contribution in [3.63, 3.8) is 0 Å². The van der Waals surface area contributed by atoms with Gasteiger partial charge in [0.25, 0.3) is 0 Å². The van der Waals surface area contributed by atoms with Crippen LogP contribution in [0.15, 0.2) is 53.7 Å². The Hall–Kier alpha value is -1.32. The topological polar surface area (TPSA) is 24.9 Å². The van der Waals surface area contributed by atoms with Gasteiger partial charge in [0.05, 0.1) is 0 Å². The Labute approximate surface area is 126 Å². The molecule has 1 aromatic heterocycles. The first-order chi connectivity index (χ1) is 9.81. The molecule has 2 nitrogen and oxygen atoms in total. The van der Waals surface area contributed by atoms with Crippen LogP contribution in [0.1, 0.15) is 37.4 Å². The van der Waals surface area contributed by atoms with Crippen LogP contribution >= 0.6 is 11.8 Å². The molecule has 0 radical (unpaired) electrons. The summed E-state index contributed by atoms with van der Waals surface area (Å²) in [6.45, 7) is 5.44. The van der Waals surface area contributed by atoms with Crippen LogP contribution in [0.2, 0.25) is 0 Å². The van der Waals surface area contributed by atoms with Crippen LogP contribution in [0.5, 0.6) is 0 Å². The van der Waals surface area contributed by atoms with Crippen molar-refractivity contribution in [1.29, 1.82) is 0 Å². The van der Waals surface area contributed by atoms with Gasteiger partial charge in [0.15, 0.2) is 0 Å². The molecular formula is C17H22N2S. The van der Waals surface area contributed by atoms with E-state index in [4.69, 9.17) is 0 Å². The van der Waals surface area contributed by atoms with E-state index in [-0.39, 0.29) is 0 Å². The Bertz CT molecular complexity index is 513. The lowest BCUT2D eigenvalue weighted by Gasteiger charge is -2.16. The van der Waals surface area contributed by atoms with Crippen LogP contribution in [0, 0.1) is 0 Å². The van der Waals surface area contributed by atoms with E-state index in [1.807, 2.05) is 24.0 Å². The molecule has 1 unspecified atom stereocenters. The van der Waals surface area contributed by atoms with E-state index in [1.165, 1.54) is 11.1 Å². The Morgan fingerprint density at radius 2 is 1.95 bits per heavy atom.